The van der Waals surface area contributed by atoms with Crippen molar-refractivity contribution < 1.29 is 0 Å². The summed E-state index contributed by atoms with van der Waals surface area (Å²) in [4.78, 5) is 0. The van der Waals surface area contributed by atoms with Crippen molar-refractivity contribution >= 4 is 0 Å². The number of hydrogen-bond donors (Lipinski definition) is 1. The minimum atomic E-state index is 0.362. The second-order valence-corrected chi connectivity index (χ2v) is 7.73. The lowest BCUT2D eigenvalue weighted by atomic mass is 9.59. The van der Waals surface area contributed by atoms with Crippen LogP contribution in [0.4, 0.5) is 0 Å². The first-order chi connectivity index (χ1) is 7.69. The number of aromatic amines is 1. The van der Waals surface area contributed by atoms with Crippen LogP contribution in [-0.2, 0) is 12.8 Å². The number of nitrogens with zero attached hydrogens (tertiary/aromatic N) is 1. The van der Waals surface area contributed by atoms with Gasteiger partial charge in [0.05, 0.1) is 6.20 Å². The van der Waals surface area contributed by atoms with Crippen LogP contribution in [0.25, 0.3) is 0 Å². The Kier molecular flexibility index (Phi) is 2.87. The zero-order valence-corrected chi connectivity index (χ0v) is 12.1. The molecule has 1 aromatic rings. The van der Waals surface area contributed by atoms with Gasteiger partial charge in [0.15, 0.2) is 0 Å². The van der Waals surface area contributed by atoms with Crippen molar-refractivity contribution in [1.29, 1.82) is 0 Å². The Bertz CT molecular complexity index is 353. The first-order valence-electron chi connectivity index (χ1n) is 6.70. The average molecular weight is 234 g/mol. The Balaban J connectivity index is 2.36. The summed E-state index contributed by atoms with van der Waals surface area (Å²) in [5.74, 6) is 1.48. The maximum atomic E-state index is 4.21. The fourth-order valence-corrected chi connectivity index (χ4v) is 3.25. The van der Waals surface area contributed by atoms with Gasteiger partial charge in [0.2, 0.25) is 0 Å². The van der Waals surface area contributed by atoms with Gasteiger partial charge in [-0.05, 0) is 41.1 Å². The molecule has 1 aliphatic carbocycles. The van der Waals surface area contributed by atoms with E-state index in [4.69, 9.17) is 0 Å². The molecule has 1 aliphatic rings. The van der Waals surface area contributed by atoms with Crippen molar-refractivity contribution in [1.82, 2.24) is 10.2 Å². The van der Waals surface area contributed by atoms with E-state index in [9.17, 15) is 0 Å². The van der Waals surface area contributed by atoms with Gasteiger partial charge in [-0.25, -0.2) is 0 Å². The van der Waals surface area contributed by atoms with E-state index in [1.807, 2.05) is 6.20 Å². The smallest absolute Gasteiger partial charge is 0.0522 e. The average Bonchev–Trinajstić information content (AvgIpc) is 2.59. The molecule has 17 heavy (non-hydrogen) atoms. The topological polar surface area (TPSA) is 28.7 Å². The molecule has 2 heteroatoms. The highest BCUT2D eigenvalue weighted by Gasteiger charge is 2.42. The molecule has 0 bridgehead atoms. The second-order valence-electron chi connectivity index (χ2n) is 7.73. The van der Waals surface area contributed by atoms with E-state index in [1.165, 1.54) is 17.7 Å². The molecule has 2 unspecified atom stereocenters. The van der Waals surface area contributed by atoms with Gasteiger partial charge in [0.25, 0.3) is 0 Å². The Morgan fingerprint density at radius 1 is 1.00 bits per heavy atom. The summed E-state index contributed by atoms with van der Waals surface area (Å²) in [5.41, 5.74) is 3.53. The Hall–Kier alpha value is -0.790. The molecule has 0 saturated heterocycles. The van der Waals surface area contributed by atoms with Crippen LogP contribution in [0.3, 0.4) is 0 Å². The van der Waals surface area contributed by atoms with Crippen LogP contribution >= 0.6 is 0 Å². The van der Waals surface area contributed by atoms with Gasteiger partial charge in [-0.15, -0.1) is 0 Å². The lowest BCUT2D eigenvalue weighted by molar-refractivity contribution is 0.0619. The number of fused-ring (bicyclic) bond motifs is 1. The van der Waals surface area contributed by atoms with Gasteiger partial charge in [-0.1, -0.05) is 41.5 Å². The first-order valence-corrected chi connectivity index (χ1v) is 6.70. The molecular formula is C15H26N2. The Morgan fingerprint density at radius 3 is 2.06 bits per heavy atom. The zero-order valence-electron chi connectivity index (χ0n) is 12.1. The van der Waals surface area contributed by atoms with E-state index in [0.717, 1.165) is 18.3 Å². The predicted octanol–water partition coefficient (Wildman–Crippen LogP) is 3.83. The normalized spacial score (nSPS) is 25.8. The van der Waals surface area contributed by atoms with E-state index in [-0.39, 0.29) is 0 Å². The molecule has 0 amide bonds. The number of hydrogen-bond acceptors (Lipinski definition) is 1. The third-order valence-electron chi connectivity index (χ3n) is 4.38. The molecule has 0 fully saturated rings. The molecule has 96 valence electrons. The molecule has 0 saturated carbocycles. The van der Waals surface area contributed by atoms with Crippen molar-refractivity contribution in [2.75, 3.05) is 0 Å². The summed E-state index contributed by atoms with van der Waals surface area (Å²) in [5, 5.41) is 7.39. The van der Waals surface area contributed by atoms with Crippen molar-refractivity contribution in [3.63, 3.8) is 0 Å². The number of nitrogens with one attached hydrogen (secondary N) is 1. The quantitative estimate of drug-likeness (QED) is 0.726. The molecule has 1 N–H and O–H groups in total. The molecule has 0 aliphatic heterocycles. The monoisotopic (exact) mass is 234 g/mol. The van der Waals surface area contributed by atoms with E-state index in [1.54, 1.807) is 0 Å². The van der Waals surface area contributed by atoms with Crippen LogP contribution in [0.5, 0.6) is 0 Å². The van der Waals surface area contributed by atoms with Gasteiger partial charge < -0.3 is 0 Å². The van der Waals surface area contributed by atoms with Gasteiger partial charge >= 0.3 is 0 Å². The lowest BCUT2D eigenvalue weighted by Gasteiger charge is -2.46. The molecule has 1 aromatic heterocycles. The minimum Gasteiger partial charge on any atom is -0.282 e. The molecule has 0 spiro atoms. The first kappa shape index (κ1) is 12.7. The van der Waals surface area contributed by atoms with Crippen molar-refractivity contribution in [2.45, 2.75) is 54.4 Å². The molecule has 2 atom stereocenters. The zero-order chi connectivity index (χ0) is 12.8. The van der Waals surface area contributed by atoms with Crippen LogP contribution in [0.2, 0.25) is 0 Å². The van der Waals surface area contributed by atoms with Crippen LogP contribution in [-0.4, -0.2) is 10.2 Å². The standard InChI is InChI=1S/C15H26N2/c1-14(2,3)11-7-10-9-16-17-13(10)8-12(11)15(4,5)6/h9,11-12H,7-8H2,1-6H3,(H,16,17). The fourth-order valence-electron chi connectivity index (χ4n) is 3.25. The van der Waals surface area contributed by atoms with Gasteiger partial charge in [-0.3, -0.25) is 5.10 Å². The fraction of sp³-hybridized carbons (Fsp3) is 0.800. The van der Waals surface area contributed by atoms with Crippen molar-refractivity contribution in [3.05, 3.63) is 17.5 Å². The van der Waals surface area contributed by atoms with Crippen molar-refractivity contribution in [3.8, 4) is 0 Å². The van der Waals surface area contributed by atoms with E-state index in [2.05, 4.69) is 51.7 Å². The highest BCUT2D eigenvalue weighted by Crippen LogP contribution is 2.47. The molecular weight excluding hydrogens is 208 g/mol. The molecule has 1 heterocycles. The summed E-state index contributed by atoms with van der Waals surface area (Å²) >= 11 is 0. The summed E-state index contributed by atoms with van der Waals surface area (Å²) < 4.78 is 0. The van der Waals surface area contributed by atoms with Crippen LogP contribution < -0.4 is 0 Å². The van der Waals surface area contributed by atoms with E-state index < -0.39 is 0 Å². The third-order valence-corrected chi connectivity index (χ3v) is 4.38. The van der Waals surface area contributed by atoms with Crippen molar-refractivity contribution in [2.24, 2.45) is 22.7 Å². The largest absolute Gasteiger partial charge is 0.282 e. The highest BCUT2D eigenvalue weighted by atomic mass is 15.1. The molecule has 2 nitrogen and oxygen atoms in total. The van der Waals surface area contributed by atoms with Crippen LogP contribution in [0, 0.1) is 22.7 Å². The van der Waals surface area contributed by atoms with Gasteiger partial charge in [0.1, 0.15) is 0 Å². The predicted molar refractivity (Wildman–Crippen MR) is 71.9 cm³/mol. The number of H-pyrrole nitrogens is 1. The molecule has 2 rings (SSSR count). The maximum absolute atomic E-state index is 4.21. The second kappa shape index (κ2) is 3.86. The SMILES string of the molecule is CC(C)(C)C1Cc2cn[nH]c2CC1C(C)(C)C. The minimum absolute atomic E-state index is 0.362. The summed E-state index contributed by atoms with van der Waals surface area (Å²) in [7, 11) is 0. The highest BCUT2D eigenvalue weighted by molar-refractivity contribution is 5.22. The lowest BCUT2D eigenvalue weighted by Crippen LogP contribution is -2.41. The molecule has 0 radical (unpaired) electrons. The number of rotatable bonds is 0. The summed E-state index contributed by atoms with van der Waals surface area (Å²) in [6.45, 7) is 14.2. The summed E-state index contributed by atoms with van der Waals surface area (Å²) in [6.07, 6.45) is 4.35. The molecule has 0 aromatic carbocycles. The Labute approximate surface area is 105 Å². The van der Waals surface area contributed by atoms with Crippen LogP contribution in [0.1, 0.15) is 52.8 Å². The summed E-state index contributed by atoms with van der Waals surface area (Å²) in [6, 6.07) is 0. The Morgan fingerprint density at radius 2 is 1.53 bits per heavy atom. The third kappa shape index (κ3) is 2.41. The van der Waals surface area contributed by atoms with Crippen LogP contribution in [0.15, 0.2) is 6.20 Å². The maximum Gasteiger partial charge on any atom is 0.0522 e. The number of aromatic nitrogens is 2. The van der Waals surface area contributed by atoms with Gasteiger partial charge in [0, 0.05) is 5.69 Å². The van der Waals surface area contributed by atoms with E-state index in [0.29, 0.717) is 10.8 Å². The van der Waals surface area contributed by atoms with Gasteiger partial charge in [-0.2, -0.15) is 5.10 Å². The van der Waals surface area contributed by atoms with E-state index >= 15 is 0 Å².